The Hall–Kier alpha value is -1.80. The Labute approximate surface area is 228 Å². The van der Waals surface area contributed by atoms with E-state index >= 15 is 0 Å². The van der Waals surface area contributed by atoms with Crippen molar-refractivity contribution in [3.8, 4) is 0 Å². The van der Waals surface area contributed by atoms with Gasteiger partial charge in [-0.15, -0.1) is 11.8 Å². The van der Waals surface area contributed by atoms with Gasteiger partial charge in [0, 0.05) is 21.6 Å². The van der Waals surface area contributed by atoms with Gasteiger partial charge in [0.1, 0.15) is 5.82 Å². The fourth-order valence-electron chi connectivity index (χ4n) is 8.79. The molecule has 5 nitrogen and oxygen atoms in total. The molecule has 9 atom stereocenters. The van der Waals surface area contributed by atoms with Gasteiger partial charge in [0.05, 0.1) is 18.0 Å². The van der Waals surface area contributed by atoms with Crippen LogP contribution in [-0.4, -0.2) is 46.5 Å². The fourth-order valence-corrected chi connectivity index (χ4v) is 9.63. The molecule has 6 unspecified atom stereocenters. The quantitative estimate of drug-likeness (QED) is 0.470. The molecule has 204 valence electrons. The molecule has 1 aromatic carbocycles. The number of ether oxygens (including phenoxy) is 2. The summed E-state index contributed by atoms with van der Waals surface area (Å²) in [7, 11) is 0. The molecule has 1 aromatic rings. The number of thioether (sulfide) groups is 1. The van der Waals surface area contributed by atoms with E-state index in [9.17, 15) is 19.1 Å². The normalized spacial score (nSPS) is 43.2. The summed E-state index contributed by atoms with van der Waals surface area (Å²) >= 11 is 1.40. The number of benzene rings is 1. The molecule has 7 heteroatoms. The van der Waals surface area contributed by atoms with Crippen molar-refractivity contribution < 1.29 is 28.6 Å². The van der Waals surface area contributed by atoms with Gasteiger partial charge in [-0.1, -0.05) is 38.8 Å². The lowest BCUT2D eigenvalue weighted by atomic mass is 9.46. The third-order valence-corrected chi connectivity index (χ3v) is 11.4. The van der Waals surface area contributed by atoms with Crippen LogP contribution in [0.5, 0.6) is 0 Å². The predicted octanol–water partition coefficient (Wildman–Crippen LogP) is 5.66. The molecule has 0 spiro atoms. The first-order chi connectivity index (χ1) is 18.1. The summed E-state index contributed by atoms with van der Waals surface area (Å²) in [6.45, 7) is 6.38. The van der Waals surface area contributed by atoms with E-state index in [-0.39, 0.29) is 52.4 Å². The van der Waals surface area contributed by atoms with Gasteiger partial charge in [0.2, 0.25) is 0 Å². The molecule has 3 saturated carbocycles. The van der Waals surface area contributed by atoms with Gasteiger partial charge < -0.3 is 14.6 Å². The van der Waals surface area contributed by atoms with Gasteiger partial charge in [-0.3, -0.25) is 9.59 Å². The van der Waals surface area contributed by atoms with Crippen LogP contribution in [0.2, 0.25) is 0 Å². The molecule has 1 heterocycles. The summed E-state index contributed by atoms with van der Waals surface area (Å²) in [5, 5.41) is 11.8. The topological polar surface area (TPSA) is 72.8 Å². The van der Waals surface area contributed by atoms with E-state index in [0.29, 0.717) is 6.42 Å². The number of aliphatic hydroxyl groups is 1. The Morgan fingerprint density at radius 1 is 1.24 bits per heavy atom. The molecule has 0 radical (unpaired) electrons. The van der Waals surface area contributed by atoms with Crippen LogP contribution in [-0.2, 0) is 19.1 Å². The smallest absolute Gasteiger partial charge is 0.178 e. The highest BCUT2D eigenvalue weighted by Crippen LogP contribution is 2.69. The third kappa shape index (κ3) is 3.75. The molecular formula is C31H37FO5S. The van der Waals surface area contributed by atoms with Crippen molar-refractivity contribution in [3.05, 3.63) is 53.9 Å². The summed E-state index contributed by atoms with van der Waals surface area (Å²) in [4.78, 5) is 27.2. The van der Waals surface area contributed by atoms with Gasteiger partial charge in [0.25, 0.3) is 0 Å². The molecule has 0 bridgehead atoms. The van der Waals surface area contributed by atoms with Gasteiger partial charge in [-0.05, 0) is 80.4 Å². The Morgan fingerprint density at radius 2 is 2.00 bits per heavy atom. The predicted molar refractivity (Wildman–Crippen MR) is 143 cm³/mol. The van der Waals surface area contributed by atoms with E-state index < -0.39 is 23.4 Å². The number of Topliss-reactive ketones (excluding diaryl/α,β-unsaturated/α-hetero) is 1. The van der Waals surface area contributed by atoms with Crippen molar-refractivity contribution in [2.45, 2.75) is 88.3 Å². The van der Waals surface area contributed by atoms with Crippen molar-refractivity contribution in [3.63, 3.8) is 0 Å². The maximum absolute atomic E-state index is 14.3. The van der Waals surface area contributed by atoms with Crippen LogP contribution < -0.4 is 0 Å². The number of halogens is 1. The second-order valence-electron chi connectivity index (χ2n) is 12.3. The lowest BCUT2D eigenvalue weighted by Crippen LogP contribution is -2.63. The Morgan fingerprint density at radius 3 is 2.74 bits per heavy atom. The zero-order valence-electron chi connectivity index (χ0n) is 22.3. The number of hydrogen-bond acceptors (Lipinski definition) is 6. The zero-order chi connectivity index (χ0) is 26.9. The molecule has 4 fully saturated rings. The maximum Gasteiger partial charge on any atom is 0.178 e. The van der Waals surface area contributed by atoms with Crippen molar-refractivity contribution in [1.29, 1.82) is 0 Å². The summed E-state index contributed by atoms with van der Waals surface area (Å²) in [6, 6.07) is 6.20. The third-order valence-electron chi connectivity index (χ3n) is 10.4. The second kappa shape index (κ2) is 9.39. The van der Waals surface area contributed by atoms with E-state index in [1.54, 1.807) is 24.3 Å². The van der Waals surface area contributed by atoms with E-state index in [4.69, 9.17) is 9.47 Å². The van der Waals surface area contributed by atoms with Gasteiger partial charge in [-0.2, -0.15) is 0 Å². The fraction of sp³-hybridized carbons (Fsp3) is 0.613. The number of carbonyl (C=O) groups is 2. The first kappa shape index (κ1) is 26.4. The van der Waals surface area contributed by atoms with Crippen LogP contribution in [0, 0.1) is 34.4 Å². The van der Waals surface area contributed by atoms with Gasteiger partial charge >= 0.3 is 0 Å². The highest BCUT2D eigenvalue weighted by Gasteiger charge is 2.75. The molecule has 4 aliphatic carbocycles. The number of allylic oxidation sites excluding steroid dienone is 4. The van der Waals surface area contributed by atoms with Crippen LogP contribution in [0.15, 0.2) is 53.0 Å². The Balaban J connectivity index is 1.34. The standard InChI is InChI=1S/C31H37FO5S/c1-4-5-27-36-26-15-23-22-11-6-18-14-20(33)12-13-29(18,2)28(22)24(34)16-30(23,3)31(26,37-27)25(35)17-38-21-9-7-19(32)8-10-21/h7-10,12-14,22-24,26-28,34H,4-6,11,15-17H2,1-3H3/t22?,23?,24-,26+,27?,28?,29?,30?,31+/m0/s1. The van der Waals surface area contributed by atoms with Crippen molar-refractivity contribution >= 4 is 23.3 Å². The molecule has 1 N–H and O–H groups in total. The lowest BCUT2D eigenvalue weighted by molar-refractivity contribution is -0.197. The van der Waals surface area contributed by atoms with Crippen LogP contribution >= 0.6 is 11.8 Å². The van der Waals surface area contributed by atoms with Crippen molar-refractivity contribution in [2.75, 3.05) is 5.75 Å². The summed E-state index contributed by atoms with van der Waals surface area (Å²) in [6.07, 6.45) is 8.50. The largest absolute Gasteiger partial charge is 0.393 e. The Bertz CT molecular complexity index is 1200. The monoisotopic (exact) mass is 540 g/mol. The number of aliphatic hydroxyl groups excluding tert-OH is 1. The maximum atomic E-state index is 14.3. The first-order valence-corrected chi connectivity index (χ1v) is 15.0. The number of hydrogen-bond donors (Lipinski definition) is 1. The number of ketones is 2. The van der Waals surface area contributed by atoms with E-state index in [1.807, 2.05) is 6.08 Å². The average Bonchev–Trinajstić information content (AvgIpc) is 3.36. The van der Waals surface area contributed by atoms with Gasteiger partial charge in [0.15, 0.2) is 23.5 Å². The second-order valence-corrected chi connectivity index (χ2v) is 13.4. The molecule has 38 heavy (non-hydrogen) atoms. The minimum atomic E-state index is -1.12. The molecule has 0 amide bonds. The highest BCUT2D eigenvalue weighted by atomic mass is 32.2. The number of fused-ring (bicyclic) bond motifs is 7. The van der Waals surface area contributed by atoms with Crippen molar-refractivity contribution in [1.82, 2.24) is 0 Å². The highest BCUT2D eigenvalue weighted by molar-refractivity contribution is 8.00. The van der Waals surface area contributed by atoms with E-state index in [0.717, 1.165) is 42.6 Å². The number of carbonyl (C=O) groups excluding carboxylic acids is 2. The molecular weight excluding hydrogens is 503 g/mol. The van der Waals surface area contributed by atoms with Crippen LogP contribution in [0.1, 0.15) is 59.3 Å². The zero-order valence-corrected chi connectivity index (χ0v) is 23.1. The Kier molecular flexibility index (Phi) is 6.53. The van der Waals surface area contributed by atoms with Gasteiger partial charge in [-0.25, -0.2) is 4.39 Å². The minimum absolute atomic E-state index is 0.00292. The molecule has 6 rings (SSSR count). The molecule has 0 aromatic heterocycles. The minimum Gasteiger partial charge on any atom is -0.393 e. The molecule has 1 aliphatic heterocycles. The summed E-state index contributed by atoms with van der Waals surface area (Å²) in [5.74, 6) is 0.253. The molecule has 5 aliphatic rings. The lowest BCUT2D eigenvalue weighted by Gasteiger charge is -2.59. The summed E-state index contributed by atoms with van der Waals surface area (Å²) in [5.41, 5.74) is -0.944. The van der Waals surface area contributed by atoms with Crippen LogP contribution in [0.25, 0.3) is 0 Å². The van der Waals surface area contributed by atoms with Crippen LogP contribution in [0.4, 0.5) is 4.39 Å². The van der Waals surface area contributed by atoms with Crippen LogP contribution in [0.3, 0.4) is 0 Å². The SMILES string of the molecule is CCCC1O[C@@H]2CC3C4CCC5=CC(=O)C=CC5(C)C4[C@@H](O)CC3(C)[C@]2(C(=O)CSc2ccc(F)cc2)O1. The van der Waals surface area contributed by atoms with E-state index in [1.165, 1.54) is 23.9 Å². The van der Waals surface area contributed by atoms with Crippen molar-refractivity contribution in [2.24, 2.45) is 28.6 Å². The summed E-state index contributed by atoms with van der Waals surface area (Å²) < 4.78 is 26.6. The average molecular weight is 541 g/mol. The first-order valence-electron chi connectivity index (χ1n) is 14.0. The molecule has 1 saturated heterocycles. The number of rotatable bonds is 6. The van der Waals surface area contributed by atoms with E-state index in [2.05, 4.69) is 20.8 Å².